The van der Waals surface area contributed by atoms with Gasteiger partial charge in [0.2, 0.25) is 0 Å². The molecule has 0 radical (unpaired) electrons. The second-order valence-electron chi connectivity index (χ2n) is 2.88. The fourth-order valence-corrected chi connectivity index (χ4v) is 1.07. The summed E-state index contributed by atoms with van der Waals surface area (Å²) >= 11 is 5.24. The lowest BCUT2D eigenvalue weighted by Crippen LogP contribution is -2.04. The third kappa shape index (κ3) is 2.12. The zero-order valence-corrected chi connectivity index (χ0v) is 7.69. The van der Waals surface area contributed by atoms with E-state index in [1.54, 1.807) is 0 Å². The lowest BCUT2D eigenvalue weighted by molar-refractivity contribution is 0.902. The lowest BCUT2D eigenvalue weighted by Gasteiger charge is -2.05. The van der Waals surface area contributed by atoms with E-state index >= 15 is 0 Å². The van der Waals surface area contributed by atoms with Gasteiger partial charge in [-0.1, -0.05) is 56.4 Å². The molecule has 1 aromatic carbocycles. The SMILES string of the molecule is CC(C)C(=S)c1ccccc1. The predicted octanol–water partition coefficient (Wildman–Crippen LogP) is 3.06. The van der Waals surface area contributed by atoms with Crippen LogP contribution < -0.4 is 0 Å². The molecule has 1 aromatic rings. The van der Waals surface area contributed by atoms with Gasteiger partial charge in [0.15, 0.2) is 0 Å². The van der Waals surface area contributed by atoms with E-state index in [-0.39, 0.29) is 0 Å². The van der Waals surface area contributed by atoms with E-state index in [4.69, 9.17) is 12.2 Å². The van der Waals surface area contributed by atoms with Gasteiger partial charge < -0.3 is 0 Å². The molecule has 58 valence electrons. The van der Waals surface area contributed by atoms with Crippen molar-refractivity contribution in [1.29, 1.82) is 0 Å². The molecule has 0 fully saturated rings. The molecule has 0 N–H and O–H groups in total. The molecule has 11 heavy (non-hydrogen) atoms. The monoisotopic (exact) mass is 164 g/mol. The molecule has 0 spiro atoms. The van der Waals surface area contributed by atoms with Crippen LogP contribution in [0.25, 0.3) is 0 Å². The third-order valence-electron chi connectivity index (χ3n) is 1.58. The number of hydrogen-bond donors (Lipinski definition) is 0. The van der Waals surface area contributed by atoms with Crippen molar-refractivity contribution in [2.75, 3.05) is 0 Å². The summed E-state index contributed by atoms with van der Waals surface area (Å²) in [4.78, 5) is 1.05. The minimum atomic E-state index is 0.465. The van der Waals surface area contributed by atoms with Crippen molar-refractivity contribution >= 4 is 17.1 Å². The zero-order chi connectivity index (χ0) is 8.27. The number of thiocarbonyl (C=S) groups is 1. The highest BCUT2D eigenvalue weighted by atomic mass is 32.1. The Bertz CT molecular complexity index is 236. The Morgan fingerprint density at radius 2 is 1.73 bits per heavy atom. The van der Waals surface area contributed by atoms with Gasteiger partial charge in [-0.2, -0.15) is 0 Å². The van der Waals surface area contributed by atoms with E-state index in [9.17, 15) is 0 Å². The van der Waals surface area contributed by atoms with Crippen LogP contribution in [0.5, 0.6) is 0 Å². The molecule has 0 aliphatic heterocycles. The molecule has 0 aliphatic rings. The highest BCUT2D eigenvalue weighted by Gasteiger charge is 2.03. The molecule has 0 bridgehead atoms. The standard InChI is InChI=1S/C10H12S/c1-8(2)10(11)9-6-4-3-5-7-9/h3-8H,1-2H3. The molecular weight excluding hydrogens is 152 g/mol. The molecule has 0 amide bonds. The second-order valence-corrected chi connectivity index (χ2v) is 3.32. The summed E-state index contributed by atoms with van der Waals surface area (Å²) in [7, 11) is 0. The Morgan fingerprint density at radius 3 is 2.18 bits per heavy atom. The van der Waals surface area contributed by atoms with Crippen molar-refractivity contribution in [3.8, 4) is 0 Å². The van der Waals surface area contributed by atoms with Crippen LogP contribution in [-0.2, 0) is 0 Å². The molecule has 0 aromatic heterocycles. The Labute approximate surface area is 73.2 Å². The Morgan fingerprint density at radius 1 is 1.18 bits per heavy atom. The predicted molar refractivity (Wildman–Crippen MR) is 53.0 cm³/mol. The van der Waals surface area contributed by atoms with Crippen LogP contribution in [0.4, 0.5) is 0 Å². The van der Waals surface area contributed by atoms with Gasteiger partial charge in [-0.25, -0.2) is 0 Å². The molecular formula is C10H12S. The summed E-state index contributed by atoms with van der Waals surface area (Å²) < 4.78 is 0. The van der Waals surface area contributed by atoms with Crippen molar-refractivity contribution in [3.05, 3.63) is 35.9 Å². The van der Waals surface area contributed by atoms with Crippen LogP contribution in [0.1, 0.15) is 19.4 Å². The Kier molecular flexibility index (Phi) is 2.77. The van der Waals surface area contributed by atoms with Gasteiger partial charge in [-0.05, 0) is 11.5 Å². The molecule has 0 saturated carbocycles. The van der Waals surface area contributed by atoms with Gasteiger partial charge in [0.1, 0.15) is 0 Å². The van der Waals surface area contributed by atoms with E-state index in [1.807, 2.05) is 18.2 Å². The van der Waals surface area contributed by atoms with E-state index in [0.29, 0.717) is 5.92 Å². The van der Waals surface area contributed by atoms with Gasteiger partial charge in [0.25, 0.3) is 0 Å². The highest BCUT2D eigenvalue weighted by Crippen LogP contribution is 2.08. The molecule has 0 atom stereocenters. The highest BCUT2D eigenvalue weighted by molar-refractivity contribution is 7.80. The topological polar surface area (TPSA) is 0 Å². The first kappa shape index (κ1) is 8.41. The molecule has 0 aliphatic carbocycles. The molecule has 0 saturated heterocycles. The van der Waals surface area contributed by atoms with Gasteiger partial charge >= 0.3 is 0 Å². The quantitative estimate of drug-likeness (QED) is 0.478. The van der Waals surface area contributed by atoms with Crippen LogP contribution in [0.2, 0.25) is 0 Å². The van der Waals surface area contributed by atoms with Crippen molar-refractivity contribution in [3.63, 3.8) is 0 Å². The maximum Gasteiger partial charge on any atom is 0.0249 e. The largest absolute Gasteiger partial charge is 0.0840 e. The van der Waals surface area contributed by atoms with Crippen LogP contribution in [-0.4, -0.2) is 4.86 Å². The first-order valence-electron chi connectivity index (χ1n) is 3.81. The number of hydrogen-bond acceptors (Lipinski definition) is 1. The van der Waals surface area contributed by atoms with Crippen molar-refractivity contribution in [2.45, 2.75) is 13.8 Å². The molecule has 1 rings (SSSR count). The third-order valence-corrected chi connectivity index (χ3v) is 2.29. The number of rotatable bonds is 2. The normalized spacial score (nSPS) is 10.1. The van der Waals surface area contributed by atoms with Crippen LogP contribution in [0.3, 0.4) is 0 Å². The van der Waals surface area contributed by atoms with E-state index < -0.39 is 0 Å². The summed E-state index contributed by atoms with van der Waals surface area (Å²) in [5.74, 6) is 0.465. The van der Waals surface area contributed by atoms with Crippen molar-refractivity contribution in [2.24, 2.45) is 5.92 Å². The summed E-state index contributed by atoms with van der Waals surface area (Å²) in [5.41, 5.74) is 1.18. The minimum Gasteiger partial charge on any atom is -0.0840 e. The summed E-state index contributed by atoms with van der Waals surface area (Å²) in [6.45, 7) is 4.24. The summed E-state index contributed by atoms with van der Waals surface area (Å²) in [6, 6.07) is 10.2. The number of benzene rings is 1. The van der Waals surface area contributed by atoms with Crippen LogP contribution in [0, 0.1) is 5.92 Å². The van der Waals surface area contributed by atoms with Crippen molar-refractivity contribution in [1.82, 2.24) is 0 Å². The average Bonchev–Trinajstić information content (AvgIpc) is 2.05. The molecule has 1 heteroatoms. The fraction of sp³-hybridized carbons (Fsp3) is 0.300. The van der Waals surface area contributed by atoms with E-state index in [0.717, 1.165) is 4.86 Å². The van der Waals surface area contributed by atoms with Gasteiger partial charge in [0, 0.05) is 4.86 Å². The lowest BCUT2D eigenvalue weighted by atomic mass is 10.0. The fourth-order valence-electron chi connectivity index (χ4n) is 0.936. The smallest absolute Gasteiger partial charge is 0.0249 e. The van der Waals surface area contributed by atoms with E-state index in [2.05, 4.69) is 26.0 Å². The Hall–Kier alpha value is -0.690. The van der Waals surface area contributed by atoms with Gasteiger partial charge in [-0.15, -0.1) is 0 Å². The second kappa shape index (κ2) is 3.63. The Balaban J connectivity index is 2.86. The molecule has 0 heterocycles. The maximum absolute atomic E-state index is 5.24. The van der Waals surface area contributed by atoms with Crippen molar-refractivity contribution < 1.29 is 0 Å². The van der Waals surface area contributed by atoms with Crippen LogP contribution >= 0.6 is 12.2 Å². The zero-order valence-electron chi connectivity index (χ0n) is 6.87. The first-order valence-corrected chi connectivity index (χ1v) is 4.22. The maximum atomic E-state index is 5.24. The average molecular weight is 164 g/mol. The van der Waals surface area contributed by atoms with Gasteiger partial charge in [0.05, 0.1) is 0 Å². The molecule has 0 unspecified atom stereocenters. The van der Waals surface area contributed by atoms with E-state index in [1.165, 1.54) is 5.56 Å². The van der Waals surface area contributed by atoms with Crippen LogP contribution in [0.15, 0.2) is 30.3 Å². The summed E-state index contributed by atoms with van der Waals surface area (Å²) in [6.07, 6.45) is 0. The van der Waals surface area contributed by atoms with Gasteiger partial charge in [-0.3, -0.25) is 0 Å². The summed E-state index contributed by atoms with van der Waals surface area (Å²) in [5, 5.41) is 0. The first-order chi connectivity index (χ1) is 5.22. The minimum absolute atomic E-state index is 0.465. The molecule has 0 nitrogen and oxygen atoms in total.